The summed E-state index contributed by atoms with van der Waals surface area (Å²) >= 11 is 0. The Bertz CT molecular complexity index is 678. The number of rotatable bonds is 4. The minimum absolute atomic E-state index is 0.119. The van der Waals surface area contributed by atoms with Gasteiger partial charge in [0.05, 0.1) is 5.56 Å². The molecule has 0 spiro atoms. The molecule has 0 aromatic heterocycles. The molecule has 0 bridgehead atoms. The van der Waals surface area contributed by atoms with Crippen LogP contribution in [0.25, 0.3) is 6.08 Å². The highest BCUT2D eigenvalue weighted by atomic mass is 16.5. The number of anilines is 2. The second-order valence-corrected chi connectivity index (χ2v) is 4.52. The molecule has 4 nitrogen and oxygen atoms in total. The summed E-state index contributed by atoms with van der Waals surface area (Å²) in [7, 11) is 0. The minimum Gasteiger partial charge on any atom is -0.457 e. The van der Waals surface area contributed by atoms with Gasteiger partial charge in [-0.1, -0.05) is 36.4 Å². The maximum absolute atomic E-state index is 12.2. The third-order valence-electron chi connectivity index (χ3n) is 3.01. The Kier molecular flexibility index (Phi) is 4.61. The van der Waals surface area contributed by atoms with E-state index in [2.05, 4.69) is 6.92 Å². The number of ether oxygens (including phenoxy) is 1. The van der Waals surface area contributed by atoms with Crippen molar-refractivity contribution < 1.29 is 9.53 Å². The number of benzene rings is 2. The summed E-state index contributed by atoms with van der Waals surface area (Å²) in [4.78, 5) is 12.2. The molecule has 0 heterocycles. The predicted octanol–water partition coefficient (Wildman–Crippen LogP) is 3.06. The number of para-hydroxylation sites is 1. The van der Waals surface area contributed by atoms with E-state index in [4.69, 9.17) is 16.2 Å². The molecule has 0 saturated heterocycles. The number of esters is 1. The van der Waals surface area contributed by atoms with Gasteiger partial charge in [-0.25, -0.2) is 4.79 Å². The maximum atomic E-state index is 12.2. The highest BCUT2D eigenvalue weighted by Crippen LogP contribution is 2.18. The fourth-order valence-corrected chi connectivity index (χ4v) is 1.91. The van der Waals surface area contributed by atoms with Crippen molar-refractivity contribution in [3.8, 4) is 0 Å². The molecule has 21 heavy (non-hydrogen) atoms. The molecule has 4 N–H and O–H groups in total. The standard InChI is InChI=1S/C17H17N2O2/c1-2-5-12-8-9-14(18)10-15(12)17(20)21-11-13-6-3-4-7-16(13)19/h2-10H,1,11,18-19H2/b5-2+. The first-order valence-electron chi connectivity index (χ1n) is 6.47. The normalized spacial score (nSPS) is 10.7. The number of nitrogens with two attached hydrogens (primary N) is 2. The van der Waals surface area contributed by atoms with Gasteiger partial charge in [-0.3, -0.25) is 0 Å². The zero-order valence-corrected chi connectivity index (χ0v) is 11.6. The van der Waals surface area contributed by atoms with E-state index >= 15 is 0 Å². The lowest BCUT2D eigenvalue weighted by molar-refractivity contribution is 0.0473. The van der Waals surface area contributed by atoms with Gasteiger partial charge in [0, 0.05) is 16.9 Å². The Morgan fingerprint density at radius 2 is 1.95 bits per heavy atom. The van der Waals surface area contributed by atoms with Crippen LogP contribution in [0.5, 0.6) is 0 Å². The molecule has 107 valence electrons. The molecule has 2 rings (SSSR count). The largest absolute Gasteiger partial charge is 0.457 e. The van der Waals surface area contributed by atoms with Crippen LogP contribution in [0.4, 0.5) is 11.4 Å². The van der Waals surface area contributed by atoms with Crippen molar-refractivity contribution in [3.05, 3.63) is 72.2 Å². The van der Waals surface area contributed by atoms with Gasteiger partial charge in [0.2, 0.25) is 0 Å². The van der Waals surface area contributed by atoms with E-state index in [1.807, 2.05) is 18.2 Å². The first-order chi connectivity index (χ1) is 10.1. The molecule has 4 heteroatoms. The van der Waals surface area contributed by atoms with Crippen LogP contribution in [0.3, 0.4) is 0 Å². The van der Waals surface area contributed by atoms with E-state index in [0.29, 0.717) is 22.5 Å². The smallest absolute Gasteiger partial charge is 0.339 e. The van der Waals surface area contributed by atoms with Gasteiger partial charge in [-0.2, -0.15) is 0 Å². The van der Waals surface area contributed by atoms with Crippen LogP contribution >= 0.6 is 0 Å². The zero-order valence-electron chi connectivity index (χ0n) is 11.6. The molecule has 1 radical (unpaired) electrons. The number of hydrogen-bond donors (Lipinski definition) is 2. The Labute approximate surface area is 124 Å². The fraction of sp³-hybridized carbons (Fsp3) is 0.0588. The number of allylic oxidation sites excluding steroid dienone is 1. The molecule has 2 aromatic carbocycles. The third-order valence-corrected chi connectivity index (χ3v) is 3.01. The molecule has 0 saturated carbocycles. The van der Waals surface area contributed by atoms with Gasteiger partial charge in [0.15, 0.2) is 0 Å². The number of carbonyl (C=O) groups excluding carboxylic acids is 1. The lowest BCUT2D eigenvalue weighted by Gasteiger charge is -2.09. The monoisotopic (exact) mass is 281 g/mol. The lowest BCUT2D eigenvalue weighted by Crippen LogP contribution is -2.08. The lowest BCUT2D eigenvalue weighted by atomic mass is 10.1. The average Bonchev–Trinajstić information content (AvgIpc) is 2.48. The van der Waals surface area contributed by atoms with E-state index in [0.717, 1.165) is 5.56 Å². The first kappa shape index (κ1) is 14.7. The average molecular weight is 281 g/mol. The topological polar surface area (TPSA) is 78.3 Å². The molecule has 0 fully saturated rings. The van der Waals surface area contributed by atoms with E-state index < -0.39 is 5.97 Å². The molecule has 0 unspecified atom stereocenters. The molecule has 0 aliphatic rings. The second-order valence-electron chi connectivity index (χ2n) is 4.52. The van der Waals surface area contributed by atoms with Crippen LogP contribution in [0, 0.1) is 6.92 Å². The summed E-state index contributed by atoms with van der Waals surface area (Å²) in [6, 6.07) is 12.3. The van der Waals surface area contributed by atoms with Gasteiger partial charge >= 0.3 is 5.97 Å². The first-order valence-corrected chi connectivity index (χ1v) is 6.47. The van der Waals surface area contributed by atoms with Crippen LogP contribution in [-0.2, 0) is 11.3 Å². The highest BCUT2D eigenvalue weighted by molar-refractivity contribution is 5.94. The van der Waals surface area contributed by atoms with Crippen LogP contribution in [0.1, 0.15) is 21.5 Å². The van der Waals surface area contributed by atoms with Crippen LogP contribution < -0.4 is 11.5 Å². The Morgan fingerprint density at radius 3 is 2.67 bits per heavy atom. The van der Waals surface area contributed by atoms with E-state index in [-0.39, 0.29) is 6.61 Å². The summed E-state index contributed by atoms with van der Waals surface area (Å²) in [5.74, 6) is -0.446. The molecule has 0 aliphatic heterocycles. The van der Waals surface area contributed by atoms with E-state index in [9.17, 15) is 4.79 Å². The molecule has 2 aromatic rings. The molecular formula is C17H17N2O2. The molecule has 0 amide bonds. The Hall–Kier alpha value is -2.75. The van der Waals surface area contributed by atoms with Crippen LogP contribution in [0.2, 0.25) is 0 Å². The van der Waals surface area contributed by atoms with Crippen molar-refractivity contribution in [2.24, 2.45) is 0 Å². The summed E-state index contributed by atoms with van der Waals surface area (Å²) in [6.07, 6.45) is 3.34. The quantitative estimate of drug-likeness (QED) is 0.667. The van der Waals surface area contributed by atoms with Gasteiger partial charge in [-0.15, -0.1) is 0 Å². The van der Waals surface area contributed by atoms with Crippen molar-refractivity contribution in [1.82, 2.24) is 0 Å². The van der Waals surface area contributed by atoms with Crippen molar-refractivity contribution in [2.45, 2.75) is 6.61 Å². The van der Waals surface area contributed by atoms with Crippen molar-refractivity contribution in [1.29, 1.82) is 0 Å². The van der Waals surface area contributed by atoms with E-state index in [1.165, 1.54) is 0 Å². The Balaban J connectivity index is 2.17. The van der Waals surface area contributed by atoms with Crippen molar-refractivity contribution in [3.63, 3.8) is 0 Å². The van der Waals surface area contributed by atoms with Crippen molar-refractivity contribution in [2.75, 3.05) is 11.5 Å². The maximum Gasteiger partial charge on any atom is 0.339 e. The van der Waals surface area contributed by atoms with Gasteiger partial charge in [0.25, 0.3) is 0 Å². The molecular weight excluding hydrogens is 264 g/mol. The van der Waals surface area contributed by atoms with Crippen LogP contribution in [0.15, 0.2) is 48.5 Å². The second kappa shape index (κ2) is 6.61. The predicted molar refractivity (Wildman–Crippen MR) is 85.2 cm³/mol. The summed E-state index contributed by atoms with van der Waals surface area (Å²) in [5, 5.41) is 0. The number of nitrogen functional groups attached to an aromatic ring is 2. The van der Waals surface area contributed by atoms with Gasteiger partial charge in [-0.05, 0) is 30.7 Å². The molecule has 0 aliphatic carbocycles. The van der Waals surface area contributed by atoms with Gasteiger partial charge < -0.3 is 16.2 Å². The Morgan fingerprint density at radius 1 is 1.19 bits per heavy atom. The fourth-order valence-electron chi connectivity index (χ4n) is 1.91. The zero-order chi connectivity index (χ0) is 15.2. The number of hydrogen-bond acceptors (Lipinski definition) is 4. The number of carbonyl (C=O) groups is 1. The summed E-state index contributed by atoms with van der Waals surface area (Å²) in [6.45, 7) is 3.75. The minimum atomic E-state index is -0.446. The summed E-state index contributed by atoms with van der Waals surface area (Å²) < 4.78 is 5.31. The van der Waals surface area contributed by atoms with Gasteiger partial charge in [0.1, 0.15) is 6.61 Å². The van der Waals surface area contributed by atoms with Crippen molar-refractivity contribution >= 4 is 23.4 Å². The highest BCUT2D eigenvalue weighted by Gasteiger charge is 2.12. The molecule has 0 atom stereocenters. The SMILES string of the molecule is [CH2]/C=C/c1ccc(N)cc1C(=O)OCc1ccccc1N. The summed E-state index contributed by atoms with van der Waals surface area (Å²) in [5.41, 5.74) is 14.5. The van der Waals surface area contributed by atoms with E-state index in [1.54, 1.807) is 36.4 Å². The third kappa shape index (κ3) is 3.63. The van der Waals surface area contributed by atoms with Crippen LogP contribution in [-0.4, -0.2) is 5.97 Å².